The zero-order valence-corrected chi connectivity index (χ0v) is 14.1. The molecule has 1 rings (SSSR count). The second-order valence-electron chi connectivity index (χ2n) is 4.96. The summed E-state index contributed by atoms with van der Waals surface area (Å²) in [6.07, 6.45) is -3.87. The molecule has 0 amide bonds. The molecule has 0 N–H and O–H groups in total. The van der Waals surface area contributed by atoms with Crippen LogP contribution in [-0.4, -0.2) is 48.8 Å². The summed E-state index contributed by atoms with van der Waals surface area (Å²) in [6.45, 7) is 4.02. The lowest BCUT2D eigenvalue weighted by Crippen LogP contribution is -2.51. The first-order chi connectivity index (χ1) is 11.6. The van der Waals surface area contributed by atoms with Crippen LogP contribution in [0.4, 0.5) is 0 Å². The van der Waals surface area contributed by atoms with E-state index in [1.807, 2.05) is 0 Å². The van der Waals surface area contributed by atoms with Crippen LogP contribution >= 0.6 is 0 Å². The standard InChI is InChI=1S/C15H17NO9/c1-7(17)21-6-12-14(23-9(3)19)15(24-10(4)20)13(22-8(2)18)11(5-16)25-12/h12,14-15H,6H2,1-4H3. The molecule has 0 bridgehead atoms. The van der Waals surface area contributed by atoms with Gasteiger partial charge in [0.15, 0.2) is 12.2 Å². The number of allylic oxidation sites excluding steroid dienone is 1. The van der Waals surface area contributed by atoms with Gasteiger partial charge in [-0.2, -0.15) is 5.26 Å². The van der Waals surface area contributed by atoms with Gasteiger partial charge in [0, 0.05) is 27.7 Å². The summed E-state index contributed by atoms with van der Waals surface area (Å²) in [6, 6.07) is 1.66. The second kappa shape index (κ2) is 8.68. The van der Waals surface area contributed by atoms with Crippen molar-refractivity contribution in [3.8, 4) is 6.07 Å². The van der Waals surface area contributed by atoms with Crippen molar-refractivity contribution in [3.05, 3.63) is 11.5 Å². The molecule has 0 saturated carbocycles. The molecule has 10 nitrogen and oxygen atoms in total. The van der Waals surface area contributed by atoms with Crippen molar-refractivity contribution in [2.75, 3.05) is 6.61 Å². The average molecular weight is 355 g/mol. The van der Waals surface area contributed by atoms with E-state index in [1.165, 1.54) is 0 Å². The molecule has 136 valence electrons. The van der Waals surface area contributed by atoms with Crippen molar-refractivity contribution in [1.29, 1.82) is 5.26 Å². The maximum Gasteiger partial charge on any atom is 0.308 e. The molecular weight excluding hydrogens is 338 g/mol. The van der Waals surface area contributed by atoms with Gasteiger partial charge in [0.2, 0.25) is 17.6 Å². The van der Waals surface area contributed by atoms with Crippen LogP contribution in [0.25, 0.3) is 0 Å². The van der Waals surface area contributed by atoms with Crippen LogP contribution in [0.15, 0.2) is 11.5 Å². The minimum atomic E-state index is -1.42. The third-order valence-corrected chi connectivity index (χ3v) is 2.82. The quantitative estimate of drug-likeness (QED) is 0.493. The summed E-state index contributed by atoms with van der Waals surface area (Å²) >= 11 is 0. The van der Waals surface area contributed by atoms with E-state index in [9.17, 15) is 24.4 Å². The van der Waals surface area contributed by atoms with Crippen molar-refractivity contribution in [2.24, 2.45) is 0 Å². The average Bonchev–Trinajstić information content (AvgIpc) is 2.48. The monoisotopic (exact) mass is 355 g/mol. The number of nitrogens with zero attached hydrogens (tertiary/aromatic N) is 1. The van der Waals surface area contributed by atoms with Gasteiger partial charge < -0.3 is 23.7 Å². The number of esters is 4. The predicted molar refractivity (Wildman–Crippen MR) is 77.0 cm³/mol. The van der Waals surface area contributed by atoms with Crippen LogP contribution in [0, 0.1) is 11.3 Å². The molecule has 0 aromatic heterocycles. The lowest BCUT2D eigenvalue weighted by Gasteiger charge is -2.36. The van der Waals surface area contributed by atoms with E-state index in [0.717, 1.165) is 27.7 Å². The van der Waals surface area contributed by atoms with Crippen LogP contribution in [0.1, 0.15) is 27.7 Å². The zero-order valence-electron chi connectivity index (χ0n) is 14.1. The summed E-state index contributed by atoms with van der Waals surface area (Å²) in [5.74, 6) is -3.83. The van der Waals surface area contributed by atoms with Crippen molar-refractivity contribution in [1.82, 2.24) is 0 Å². The molecule has 0 fully saturated rings. The molecule has 1 aliphatic rings. The van der Waals surface area contributed by atoms with Crippen molar-refractivity contribution < 1.29 is 42.9 Å². The van der Waals surface area contributed by atoms with Gasteiger partial charge in [-0.3, -0.25) is 19.2 Å². The van der Waals surface area contributed by atoms with Gasteiger partial charge in [-0.25, -0.2) is 0 Å². The maximum absolute atomic E-state index is 11.4. The topological polar surface area (TPSA) is 138 Å². The number of hydrogen-bond donors (Lipinski definition) is 0. The SMILES string of the molecule is CC(=O)OCC1OC(C#N)=C(OC(C)=O)C(OC(C)=O)C1OC(C)=O. The Kier molecular flexibility index (Phi) is 6.93. The first-order valence-electron chi connectivity index (χ1n) is 7.12. The van der Waals surface area contributed by atoms with Crippen LogP contribution in [0.5, 0.6) is 0 Å². The number of hydrogen-bond acceptors (Lipinski definition) is 10. The number of rotatable bonds is 5. The highest BCUT2D eigenvalue weighted by Crippen LogP contribution is 2.30. The Morgan fingerprint density at radius 3 is 2.04 bits per heavy atom. The Labute approximate surface area is 143 Å². The first kappa shape index (κ1) is 20.0. The molecule has 0 aromatic rings. The molecule has 10 heteroatoms. The van der Waals surface area contributed by atoms with Gasteiger partial charge in [0.25, 0.3) is 0 Å². The van der Waals surface area contributed by atoms with Gasteiger partial charge in [0.05, 0.1) is 0 Å². The van der Waals surface area contributed by atoms with E-state index in [2.05, 4.69) is 0 Å². The number of nitriles is 1. The molecule has 3 atom stereocenters. The van der Waals surface area contributed by atoms with Crippen LogP contribution in [0.2, 0.25) is 0 Å². The van der Waals surface area contributed by atoms with E-state index < -0.39 is 53.7 Å². The Balaban J connectivity index is 3.33. The molecule has 1 heterocycles. The van der Waals surface area contributed by atoms with E-state index in [0.29, 0.717) is 0 Å². The highest BCUT2D eigenvalue weighted by Gasteiger charge is 2.47. The van der Waals surface area contributed by atoms with E-state index in [4.69, 9.17) is 23.7 Å². The second-order valence-corrected chi connectivity index (χ2v) is 4.96. The highest BCUT2D eigenvalue weighted by atomic mass is 16.6. The predicted octanol–water partition coefficient (Wildman–Crippen LogP) is 0.110. The van der Waals surface area contributed by atoms with Gasteiger partial charge in [-0.15, -0.1) is 0 Å². The molecule has 0 aliphatic carbocycles. The molecule has 1 aliphatic heterocycles. The Morgan fingerprint density at radius 2 is 1.60 bits per heavy atom. The van der Waals surface area contributed by atoms with Crippen molar-refractivity contribution in [2.45, 2.75) is 46.0 Å². The van der Waals surface area contributed by atoms with Gasteiger partial charge in [-0.1, -0.05) is 0 Å². The number of carbonyl (C=O) groups excluding carboxylic acids is 4. The first-order valence-corrected chi connectivity index (χ1v) is 7.12. The minimum absolute atomic E-state index is 0.385. The van der Waals surface area contributed by atoms with Gasteiger partial charge in [0.1, 0.15) is 12.7 Å². The molecule has 0 aromatic carbocycles. The molecule has 0 radical (unpaired) electrons. The lowest BCUT2D eigenvalue weighted by molar-refractivity contribution is -0.188. The molecule has 0 saturated heterocycles. The summed E-state index contributed by atoms with van der Waals surface area (Å²) in [5.41, 5.74) is 0. The summed E-state index contributed by atoms with van der Waals surface area (Å²) in [5, 5.41) is 9.21. The molecular formula is C15H17NO9. The fraction of sp³-hybridized carbons (Fsp3) is 0.533. The van der Waals surface area contributed by atoms with Crippen LogP contribution in [-0.2, 0) is 42.9 Å². The maximum atomic E-state index is 11.4. The summed E-state index contributed by atoms with van der Waals surface area (Å²) in [7, 11) is 0. The zero-order chi connectivity index (χ0) is 19.1. The Morgan fingerprint density at radius 1 is 1.00 bits per heavy atom. The van der Waals surface area contributed by atoms with Crippen molar-refractivity contribution >= 4 is 23.9 Å². The Hall–Kier alpha value is -3.09. The van der Waals surface area contributed by atoms with E-state index >= 15 is 0 Å². The van der Waals surface area contributed by atoms with E-state index in [-0.39, 0.29) is 6.61 Å². The van der Waals surface area contributed by atoms with Crippen molar-refractivity contribution in [3.63, 3.8) is 0 Å². The van der Waals surface area contributed by atoms with Crippen LogP contribution in [0.3, 0.4) is 0 Å². The third-order valence-electron chi connectivity index (χ3n) is 2.82. The normalized spacial score (nSPS) is 22.1. The van der Waals surface area contributed by atoms with Gasteiger partial charge >= 0.3 is 23.9 Å². The van der Waals surface area contributed by atoms with Crippen LogP contribution < -0.4 is 0 Å². The summed E-state index contributed by atoms with van der Waals surface area (Å²) in [4.78, 5) is 45.1. The highest BCUT2D eigenvalue weighted by molar-refractivity contribution is 5.70. The Bertz CT molecular complexity index is 646. The fourth-order valence-corrected chi connectivity index (χ4v) is 2.05. The smallest absolute Gasteiger partial charge is 0.308 e. The third kappa shape index (κ3) is 5.80. The molecule has 0 spiro atoms. The van der Waals surface area contributed by atoms with Gasteiger partial charge in [-0.05, 0) is 0 Å². The van der Waals surface area contributed by atoms with E-state index in [1.54, 1.807) is 6.07 Å². The minimum Gasteiger partial charge on any atom is -0.470 e. The molecule has 25 heavy (non-hydrogen) atoms. The largest absolute Gasteiger partial charge is 0.470 e. The molecule has 3 unspecified atom stereocenters. The number of ether oxygens (including phenoxy) is 5. The lowest BCUT2D eigenvalue weighted by atomic mass is 10.0. The summed E-state index contributed by atoms with van der Waals surface area (Å²) < 4.78 is 25.2. The number of carbonyl (C=O) groups is 4. The fourth-order valence-electron chi connectivity index (χ4n) is 2.05.